The van der Waals surface area contributed by atoms with E-state index >= 15 is 0 Å². The molecule has 0 atom stereocenters. The average molecular weight is 520 g/mol. The number of aromatic nitrogens is 1. The van der Waals surface area contributed by atoms with Crippen LogP contribution in [0.2, 0.25) is 5.02 Å². The quantitative estimate of drug-likeness (QED) is 0.222. The fraction of sp³-hybridized carbons (Fsp3) is 0.241. The maximum atomic E-state index is 11.2. The van der Waals surface area contributed by atoms with E-state index in [4.69, 9.17) is 22.1 Å². The van der Waals surface area contributed by atoms with Crippen LogP contribution >= 0.6 is 22.9 Å². The van der Waals surface area contributed by atoms with Crippen LogP contribution in [-0.4, -0.2) is 35.5 Å². The van der Waals surface area contributed by atoms with Gasteiger partial charge in [-0.2, -0.15) is 0 Å². The Balaban J connectivity index is 1.42. The lowest BCUT2D eigenvalue weighted by atomic mass is 9.90. The first kappa shape index (κ1) is 25.9. The predicted octanol–water partition coefficient (Wildman–Crippen LogP) is 5.93. The van der Waals surface area contributed by atoms with Gasteiger partial charge in [0.25, 0.3) is 0 Å². The molecule has 0 fully saturated rings. The van der Waals surface area contributed by atoms with E-state index in [1.165, 1.54) is 11.1 Å². The van der Waals surface area contributed by atoms with Crippen molar-refractivity contribution in [3.05, 3.63) is 117 Å². The monoisotopic (exact) mass is 519 g/mol. The van der Waals surface area contributed by atoms with Crippen LogP contribution in [0.3, 0.4) is 0 Å². The molecule has 2 N–H and O–H groups in total. The van der Waals surface area contributed by atoms with Crippen LogP contribution in [0, 0.1) is 0 Å². The second-order valence-electron chi connectivity index (χ2n) is 8.64. The number of hydrogen-bond donors (Lipinski definition) is 1. The summed E-state index contributed by atoms with van der Waals surface area (Å²) in [5, 5.41) is 3.61. The lowest BCUT2D eigenvalue weighted by Crippen LogP contribution is -2.30. The van der Waals surface area contributed by atoms with Crippen molar-refractivity contribution in [3.63, 3.8) is 0 Å². The third-order valence-electron chi connectivity index (χ3n) is 5.94. The molecule has 0 unspecified atom stereocenters. The lowest BCUT2D eigenvalue weighted by Gasteiger charge is -2.28. The zero-order chi connectivity index (χ0) is 25.2. The number of amides is 1. The Labute approximate surface area is 221 Å². The number of carbonyl (C=O) groups excluding carboxylic acids is 1. The first-order valence-corrected chi connectivity index (χ1v) is 13.2. The first-order valence-electron chi connectivity index (χ1n) is 12.0. The van der Waals surface area contributed by atoms with Crippen LogP contribution < -0.4 is 10.5 Å². The van der Waals surface area contributed by atoms with Gasteiger partial charge in [0, 0.05) is 30.6 Å². The highest BCUT2D eigenvalue weighted by Gasteiger charge is 2.19. The van der Waals surface area contributed by atoms with Gasteiger partial charge in [0.1, 0.15) is 10.8 Å². The topological polar surface area (TPSA) is 68.5 Å². The predicted molar refractivity (Wildman–Crippen MR) is 147 cm³/mol. The van der Waals surface area contributed by atoms with Crippen molar-refractivity contribution in [2.75, 3.05) is 19.7 Å². The second kappa shape index (κ2) is 13.2. The molecule has 0 aliphatic heterocycles. The van der Waals surface area contributed by atoms with Gasteiger partial charge in [-0.1, -0.05) is 78.3 Å². The van der Waals surface area contributed by atoms with Crippen LogP contribution in [0.4, 0.5) is 0 Å². The molecule has 1 amide bonds. The molecule has 4 aromatic rings. The Morgan fingerprint density at radius 2 is 1.72 bits per heavy atom. The Hall–Kier alpha value is -3.19. The number of benzene rings is 3. The van der Waals surface area contributed by atoms with E-state index in [9.17, 15) is 4.79 Å². The SMILES string of the molecule is NC(=O)Cc1ccc(OCCCN(Cc2nccs2)CC(c2ccccc2)c2ccccc2)c(Cl)c1. The van der Waals surface area contributed by atoms with Gasteiger partial charge in [-0.3, -0.25) is 9.69 Å². The van der Waals surface area contributed by atoms with Crippen molar-refractivity contribution in [1.82, 2.24) is 9.88 Å². The maximum absolute atomic E-state index is 11.2. The second-order valence-corrected chi connectivity index (χ2v) is 10.0. The van der Waals surface area contributed by atoms with Gasteiger partial charge in [-0.05, 0) is 35.2 Å². The van der Waals surface area contributed by atoms with Crippen molar-refractivity contribution in [2.45, 2.75) is 25.3 Å². The summed E-state index contributed by atoms with van der Waals surface area (Å²) in [6, 6.07) is 26.7. The van der Waals surface area contributed by atoms with Crippen molar-refractivity contribution in [1.29, 1.82) is 0 Å². The Morgan fingerprint density at radius 3 is 2.31 bits per heavy atom. The number of thiazole rings is 1. The summed E-state index contributed by atoms with van der Waals surface area (Å²) in [5.41, 5.74) is 8.65. The summed E-state index contributed by atoms with van der Waals surface area (Å²) in [6.07, 6.45) is 2.85. The molecule has 7 heteroatoms. The van der Waals surface area contributed by atoms with Crippen LogP contribution in [0.25, 0.3) is 0 Å². The molecule has 4 rings (SSSR count). The van der Waals surface area contributed by atoms with E-state index in [1.807, 2.05) is 17.6 Å². The normalized spacial score (nSPS) is 11.2. The molecule has 1 heterocycles. The van der Waals surface area contributed by atoms with Gasteiger partial charge in [-0.25, -0.2) is 4.98 Å². The molecular weight excluding hydrogens is 490 g/mol. The first-order chi connectivity index (χ1) is 17.6. The van der Waals surface area contributed by atoms with Crippen LogP contribution in [0.15, 0.2) is 90.4 Å². The summed E-state index contributed by atoms with van der Waals surface area (Å²) in [7, 11) is 0. The number of nitrogens with two attached hydrogens (primary N) is 1. The molecule has 0 aliphatic carbocycles. The molecule has 0 saturated heterocycles. The number of rotatable bonds is 13. The number of hydrogen-bond acceptors (Lipinski definition) is 5. The molecule has 0 spiro atoms. The maximum Gasteiger partial charge on any atom is 0.221 e. The third kappa shape index (κ3) is 7.65. The number of halogens is 1. The fourth-order valence-corrected chi connectivity index (χ4v) is 5.15. The van der Waals surface area contributed by atoms with Gasteiger partial charge >= 0.3 is 0 Å². The molecule has 186 valence electrons. The minimum atomic E-state index is -0.385. The molecule has 0 radical (unpaired) electrons. The lowest BCUT2D eigenvalue weighted by molar-refractivity contribution is -0.117. The van der Waals surface area contributed by atoms with E-state index in [2.05, 4.69) is 70.5 Å². The number of nitrogens with zero attached hydrogens (tertiary/aromatic N) is 2. The standard InChI is InChI=1S/C29H30ClN3O2S/c30-26-18-22(19-28(31)34)12-13-27(26)35-16-7-15-33(21-29-32-14-17-36-29)20-25(23-8-3-1-4-9-23)24-10-5-2-6-11-24/h1-6,8-14,17-18,25H,7,15-16,19-21H2,(H2,31,34). The van der Waals surface area contributed by atoms with Gasteiger partial charge in [0.15, 0.2) is 0 Å². The Kier molecular flexibility index (Phi) is 9.50. The minimum Gasteiger partial charge on any atom is -0.492 e. The van der Waals surface area contributed by atoms with Gasteiger partial charge in [0.05, 0.1) is 24.6 Å². The minimum absolute atomic E-state index is 0.162. The Bertz CT molecular complexity index is 1180. The number of carbonyl (C=O) groups is 1. The van der Waals surface area contributed by atoms with Gasteiger partial charge in [0.2, 0.25) is 5.91 Å². The molecule has 36 heavy (non-hydrogen) atoms. The van der Waals surface area contributed by atoms with Crippen LogP contribution in [-0.2, 0) is 17.8 Å². The molecule has 5 nitrogen and oxygen atoms in total. The smallest absolute Gasteiger partial charge is 0.221 e. The Morgan fingerprint density at radius 1 is 1.03 bits per heavy atom. The molecule has 0 saturated carbocycles. The van der Waals surface area contributed by atoms with Crippen LogP contribution in [0.1, 0.15) is 34.0 Å². The van der Waals surface area contributed by atoms with Crippen molar-refractivity contribution < 1.29 is 9.53 Å². The van der Waals surface area contributed by atoms with E-state index < -0.39 is 0 Å². The zero-order valence-corrected chi connectivity index (χ0v) is 21.6. The number of primary amides is 1. The summed E-state index contributed by atoms with van der Waals surface area (Å²) in [5.74, 6) is 0.479. The van der Waals surface area contributed by atoms with Crippen molar-refractivity contribution in [3.8, 4) is 5.75 Å². The van der Waals surface area contributed by atoms with E-state index in [-0.39, 0.29) is 18.2 Å². The number of ether oxygens (including phenoxy) is 1. The van der Waals surface area contributed by atoms with Gasteiger partial charge < -0.3 is 10.5 Å². The third-order valence-corrected chi connectivity index (χ3v) is 7.00. The highest BCUT2D eigenvalue weighted by Crippen LogP contribution is 2.28. The molecule has 0 bridgehead atoms. The summed E-state index contributed by atoms with van der Waals surface area (Å²) in [6.45, 7) is 3.05. The summed E-state index contributed by atoms with van der Waals surface area (Å²) < 4.78 is 5.97. The fourth-order valence-electron chi connectivity index (χ4n) is 4.23. The van der Waals surface area contributed by atoms with Crippen molar-refractivity contribution >= 4 is 28.8 Å². The largest absolute Gasteiger partial charge is 0.492 e. The van der Waals surface area contributed by atoms with Gasteiger partial charge in [-0.15, -0.1) is 11.3 Å². The molecular formula is C29H30ClN3O2S. The zero-order valence-electron chi connectivity index (χ0n) is 20.1. The molecule has 0 aliphatic rings. The van der Waals surface area contributed by atoms with Crippen LogP contribution in [0.5, 0.6) is 5.75 Å². The van der Waals surface area contributed by atoms with E-state index in [1.54, 1.807) is 23.5 Å². The molecule has 1 aromatic heterocycles. The van der Waals surface area contributed by atoms with E-state index in [0.29, 0.717) is 17.4 Å². The summed E-state index contributed by atoms with van der Waals surface area (Å²) >= 11 is 8.04. The summed E-state index contributed by atoms with van der Waals surface area (Å²) in [4.78, 5) is 18.1. The highest BCUT2D eigenvalue weighted by atomic mass is 35.5. The van der Waals surface area contributed by atoms with Crippen molar-refractivity contribution in [2.24, 2.45) is 5.73 Å². The molecule has 3 aromatic carbocycles. The highest BCUT2D eigenvalue weighted by molar-refractivity contribution is 7.09. The average Bonchev–Trinajstić information content (AvgIpc) is 3.40. The van der Waals surface area contributed by atoms with E-state index in [0.717, 1.165) is 36.6 Å².